The summed E-state index contributed by atoms with van der Waals surface area (Å²) in [7, 11) is 0. The van der Waals surface area contributed by atoms with Crippen LogP contribution in [0, 0.1) is 6.92 Å². The summed E-state index contributed by atoms with van der Waals surface area (Å²) in [5.41, 5.74) is 0.859. The van der Waals surface area contributed by atoms with Crippen molar-refractivity contribution in [2.24, 2.45) is 0 Å². The van der Waals surface area contributed by atoms with Crippen LogP contribution in [-0.4, -0.2) is 23.6 Å². The van der Waals surface area contributed by atoms with E-state index in [2.05, 4.69) is 5.32 Å². The van der Waals surface area contributed by atoms with E-state index in [4.69, 9.17) is 4.74 Å². The molecule has 5 heteroatoms. The van der Waals surface area contributed by atoms with Crippen molar-refractivity contribution in [1.82, 2.24) is 5.32 Å². The van der Waals surface area contributed by atoms with Gasteiger partial charge >= 0.3 is 5.97 Å². The number of hydrogen-bond donors (Lipinski definition) is 2. The molecule has 3 rings (SSSR count). The standard InChI is InChI=1S/C26H27NO4/c1-3-23(20-16-14-19(2)15-17-20)27-24(28)18-31-25(29)26(30,21-10-6-4-7-11-21)22-12-8-5-9-13-22/h4-17,23,30H,3,18H2,1-2H3,(H,27,28)/t23-/m0/s1. The van der Waals surface area contributed by atoms with E-state index >= 15 is 0 Å². The second-order valence-electron chi connectivity index (χ2n) is 7.46. The Labute approximate surface area is 182 Å². The van der Waals surface area contributed by atoms with Gasteiger partial charge in [-0.25, -0.2) is 4.79 Å². The van der Waals surface area contributed by atoms with Gasteiger partial charge in [-0.15, -0.1) is 0 Å². The molecule has 0 bridgehead atoms. The lowest BCUT2D eigenvalue weighted by atomic mass is 9.86. The van der Waals surface area contributed by atoms with Gasteiger partial charge in [-0.2, -0.15) is 0 Å². The van der Waals surface area contributed by atoms with Gasteiger partial charge in [0.05, 0.1) is 6.04 Å². The second-order valence-corrected chi connectivity index (χ2v) is 7.46. The van der Waals surface area contributed by atoms with Crippen molar-refractivity contribution >= 4 is 11.9 Å². The van der Waals surface area contributed by atoms with Gasteiger partial charge in [-0.05, 0) is 30.0 Å². The summed E-state index contributed by atoms with van der Waals surface area (Å²) in [4.78, 5) is 25.5. The van der Waals surface area contributed by atoms with Gasteiger partial charge in [0.25, 0.3) is 5.91 Å². The van der Waals surface area contributed by atoms with E-state index in [0.29, 0.717) is 17.5 Å². The van der Waals surface area contributed by atoms with Crippen LogP contribution >= 0.6 is 0 Å². The van der Waals surface area contributed by atoms with E-state index in [9.17, 15) is 14.7 Å². The molecule has 160 valence electrons. The molecule has 0 aliphatic carbocycles. The van der Waals surface area contributed by atoms with Crippen molar-refractivity contribution in [3.05, 3.63) is 107 Å². The predicted molar refractivity (Wildman–Crippen MR) is 119 cm³/mol. The molecule has 0 aromatic heterocycles. The Balaban J connectivity index is 1.72. The SMILES string of the molecule is CC[C@H](NC(=O)COC(=O)C(O)(c1ccccc1)c1ccccc1)c1ccc(C)cc1. The highest BCUT2D eigenvalue weighted by molar-refractivity contribution is 5.88. The summed E-state index contributed by atoms with van der Waals surface area (Å²) in [5.74, 6) is -1.33. The third-order valence-corrected chi connectivity index (χ3v) is 5.24. The van der Waals surface area contributed by atoms with E-state index < -0.39 is 24.1 Å². The van der Waals surface area contributed by atoms with Crippen LogP contribution in [0.25, 0.3) is 0 Å². The smallest absolute Gasteiger partial charge is 0.348 e. The average Bonchev–Trinajstić information content (AvgIpc) is 2.82. The maximum absolute atomic E-state index is 13.0. The molecule has 0 aliphatic heterocycles. The van der Waals surface area contributed by atoms with Crippen molar-refractivity contribution in [1.29, 1.82) is 0 Å². The predicted octanol–water partition coefficient (Wildman–Crippen LogP) is 4.04. The molecule has 3 aromatic carbocycles. The lowest BCUT2D eigenvalue weighted by Crippen LogP contribution is -2.41. The van der Waals surface area contributed by atoms with Crippen molar-refractivity contribution < 1.29 is 19.4 Å². The highest BCUT2D eigenvalue weighted by atomic mass is 16.6. The molecule has 3 aromatic rings. The number of nitrogens with one attached hydrogen (secondary N) is 1. The third kappa shape index (κ3) is 5.19. The first-order valence-corrected chi connectivity index (χ1v) is 10.3. The number of esters is 1. The molecule has 0 aliphatic rings. The highest BCUT2D eigenvalue weighted by Crippen LogP contribution is 2.31. The fraction of sp³-hybridized carbons (Fsp3) is 0.231. The van der Waals surface area contributed by atoms with Crippen LogP contribution < -0.4 is 5.32 Å². The molecule has 1 amide bonds. The van der Waals surface area contributed by atoms with Crippen LogP contribution in [0.2, 0.25) is 0 Å². The number of hydrogen-bond acceptors (Lipinski definition) is 4. The Bertz CT molecular complexity index is 961. The number of ether oxygens (including phenoxy) is 1. The lowest BCUT2D eigenvalue weighted by molar-refractivity contribution is -0.164. The Morgan fingerprint density at radius 3 is 1.90 bits per heavy atom. The number of rotatable bonds is 8. The first-order valence-electron chi connectivity index (χ1n) is 10.3. The zero-order chi connectivity index (χ0) is 22.3. The minimum Gasteiger partial charge on any atom is -0.453 e. The van der Waals surface area contributed by atoms with Crippen molar-refractivity contribution in [3.8, 4) is 0 Å². The van der Waals surface area contributed by atoms with Gasteiger partial charge in [-0.3, -0.25) is 4.79 Å². The summed E-state index contributed by atoms with van der Waals surface area (Å²) in [5, 5.41) is 14.3. The van der Waals surface area contributed by atoms with Crippen molar-refractivity contribution in [2.45, 2.75) is 31.9 Å². The van der Waals surface area contributed by atoms with Gasteiger partial charge in [-0.1, -0.05) is 97.4 Å². The number of aliphatic hydroxyl groups is 1. The first-order chi connectivity index (χ1) is 14.9. The highest BCUT2D eigenvalue weighted by Gasteiger charge is 2.41. The van der Waals surface area contributed by atoms with Crippen LogP contribution in [0.3, 0.4) is 0 Å². The quantitative estimate of drug-likeness (QED) is 0.543. The van der Waals surface area contributed by atoms with E-state index in [0.717, 1.165) is 11.1 Å². The van der Waals surface area contributed by atoms with Crippen LogP contribution in [0.5, 0.6) is 0 Å². The molecular formula is C26H27NO4. The zero-order valence-electron chi connectivity index (χ0n) is 17.7. The summed E-state index contributed by atoms with van der Waals surface area (Å²) in [6.07, 6.45) is 0.695. The van der Waals surface area contributed by atoms with Crippen molar-refractivity contribution in [2.75, 3.05) is 6.61 Å². The molecule has 0 saturated carbocycles. The van der Waals surface area contributed by atoms with Gasteiger partial charge in [0.2, 0.25) is 5.60 Å². The van der Waals surface area contributed by atoms with E-state index in [1.807, 2.05) is 38.1 Å². The maximum Gasteiger partial charge on any atom is 0.348 e. The monoisotopic (exact) mass is 417 g/mol. The number of aryl methyl sites for hydroxylation is 1. The fourth-order valence-electron chi connectivity index (χ4n) is 3.45. The molecule has 5 nitrogen and oxygen atoms in total. The average molecular weight is 418 g/mol. The van der Waals surface area contributed by atoms with E-state index in [-0.39, 0.29) is 6.04 Å². The Morgan fingerprint density at radius 2 is 1.42 bits per heavy atom. The van der Waals surface area contributed by atoms with Crippen LogP contribution in [0.1, 0.15) is 41.6 Å². The molecule has 0 unspecified atom stereocenters. The molecule has 1 atom stereocenters. The Hall–Kier alpha value is -3.44. The fourth-order valence-corrected chi connectivity index (χ4v) is 3.45. The summed E-state index contributed by atoms with van der Waals surface area (Å²) < 4.78 is 5.28. The third-order valence-electron chi connectivity index (χ3n) is 5.24. The molecule has 31 heavy (non-hydrogen) atoms. The minimum absolute atomic E-state index is 0.186. The summed E-state index contributed by atoms with van der Waals surface area (Å²) >= 11 is 0. The van der Waals surface area contributed by atoms with Crippen LogP contribution in [0.4, 0.5) is 0 Å². The minimum atomic E-state index is -2.01. The second kappa shape index (κ2) is 10.0. The zero-order valence-corrected chi connectivity index (χ0v) is 17.7. The molecule has 0 fully saturated rings. The van der Waals surface area contributed by atoms with Gasteiger partial charge in [0, 0.05) is 0 Å². The number of carbonyl (C=O) groups excluding carboxylic acids is 2. The first kappa shape index (κ1) is 22.2. The number of carbonyl (C=O) groups is 2. The van der Waals surface area contributed by atoms with Crippen LogP contribution in [-0.2, 0) is 19.9 Å². The van der Waals surface area contributed by atoms with Gasteiger partial charge < -0.3 is 15.2 Å². The molecular weight excluding hydrogens is 390 g/mol. The summed E-state index contributed by atoms with van der Waals surface area (Å²) in [6, 6.07) is 24.9. The molecule has 0 heterocycles. The molecule has 0 spiro atoms. The topological polar surface area (TPSA) is 75.6 Å². The van der Waals surface area contributed by atoms with Crippen molar-refractivity contribution in [3.63, 3.8) is 0 Å². The maximum atomic E-state index is 13.0. The molecule has 0 saturated heterocycles. The van der Waals surface area contributed by atoms with Crippen LogP contribution in [0.15, 0.2) is 84.9 Å². The van der Waals surface area contributed by atoms with E-state index in [1.54, 1.807) is 60.7 Å². The largest absolute Gasteiger partial charge is 0.453 e. The molecule has 2 N–H and O–H groups in total. The number of amides is 1. The Kier molecular flexibility index (Phi) is 7.21. The molecule has 0 radical (unpaired) electrons. The Morgan fingerprint density at radius 1 is 0.903 bits per heavy atom. The van der Waals surface area contributed by atoms with Gasteiger partial charge in [0.1, 0.15) is 0 Å². The lowest BCUT2D eigenvalue weighted by Gasteiger charge is -2.27. The normalized spacial score (nSPS) is 12.1. The van der Waals surface area contributed by atoms with E-state index in [1.165, 1.54) is 0 Å². The summed E-state index contributed by atoms with van der Waals surface area (Å²) in [6.45, 7) is 3.49. The van der Waals surface area contributed by atoms with Gasteiger partial charge in [0.15, 0.2) is 6.61 Å². The number of benzene rings is 3.